The minimum atomic E-state index is 0.726. The smallest absolute Gasteiger partial charge is 0.141 e. The zero-order valence-electron chi connectivity index (χ0n) is 8.03. The maximum absolute atomic E-state index is 5.92. The standard InChI is InChI=1S/C11H10ClIN2/c12-10-8-15(14-11(10)13)7-6-9-4-2-1-3-5-9/h1-5,8H,6-7H2. The van der Waals surface area contributed by atoms with Crippen LogP contribution in [-0.2, 0) is 13.0 Å². The summed E-state index contributed by atoms with van der Waals surface area (Å²) in [5, 5.41) is 5.02. The monoisotopic (exact) mass is 332 g/mol. The van der Waals surface area contributed by atoms with Crippen molar-refractivity contribution in [3.63, 3.8) is 0 Å². The largest absolute Gasteiger partial charge is 0.270 e. The number of aromatic nitrogens is 2. The average molecular weight is 333 g/mol. The Hall–Kier alpha value is -0.550. The van der Waals surface area contributed by atoms with Gasteiger partial charge < -0.3 is 0 Å². The molecule has 0 unspecified atom stereocenters. The normalized spacial score (nSPS) is 10.5. The van der Waals surface area contributed by atoms with Crippen molar-refractivity contribution in [2.75, 3.05) is 0 Å². The van der Waals surface area contributed by atoms with Crippen molar-refractivity contribution >= 4 is 34.2 Å². The molecule has 0 amide bonds. The van der Waals surface area contributed by atoms with Crippen LogP contribution in [0, 0.1) is 3.70 Å². The zero-order valence-corrected chi connectivity index (χ0v) is 10.9. The fourth-order valence-electron chi connectivity index (χ4n) is 1.38. The fraction of sp³-hybridized carbons (Fsp3) is 0.182. The average Bonchev–Trinajstić information content (AvgIpc) is 2.57. The second kappa shape index (κ2) is 4.99. The van der Waals surface area contributed by atoms with Gasteiger partial charge in [0.1, 0.15) is 3.70 Å². The van der Waals surface area contributed by atoms with Gasteiger partial charge in [0.15, 0.2) is 0 Å². The van der Waals surface area contributed by atoms with Crippen molar-refractivity contribution in [2.45, 2.75) is 13.0 Å². The highest BCUT2D eigenvalue weighted by atomic mass is 127. The molecule has 0 aliphatic carbocycles. The van der Waals surface area contributed by atoms with Crippen molar-refractivity contribution in [1.82, 2.24) is 9.78 Å². The number of benzene rings is 1. The highest BCUT2D eigenvalue weighted by molar-refractivity contribution is 14.1. The minimum Gasteiger partial charge on any atom is -0.270 e. The predicted octanol–water partition coefficient (Wildman–Crippen LogP) is 3.38. The van der Waals surface area contributed by atoms with Gasteiger partial charge in [0.05, 0.1) is 5.02 Å². The molecule has 0 fully saturated rings. The van der Waals surface area contributed by atoms with E-state index in [4.69, 9.17) is 11.6 Å². The molecule has 2 aromatic rings. The van der Waals surface area contributed by atoms with Gasteiger partial charge in [-0.05, 0) is 34.6 Å². The molecule has 0 N–H and O–H groups in total. The summed E-state index contributed by atoms with van der Waals surface area (Å²) < 4.78 is 2.75. The van der Waals surface area contributed by atoms with Gasteiger partial charge in [0.2, 0.25) is 0 Å². The van der Waals surface area contributed by atoms with Crippen molar-refractivity contribution in [1.29, 1.82) is 0 Å². The predicted molar refractivity (Wildman–Crippen MR) is 70.1 cm³/mol. The van der Waals surface area contributed by atoms with Crippen LogP contribution in [0.15, 0.2) is 36.5 Å². The third-order valence-electron chi connectivity index (χ3n) is 2.15. The van der Waals surface area contributed by atoms with Gasteiger partial charge >= 0.3 is 0 Å². The molecule has 78 valence electrons. The number of hydrogen-bond donors (Lipinski definition) is 0. The Morgan fingerprint density at radius 2 is 2.00 bits per heavy atom. The fourth-order valence-corrected chi connectivity index (χ4v) is 1.94. The van der Waals surface area contributed by atoms with Crippen LogP contribution in [0.4, 0.5) is 0 Å². The van der Waals surface area contributed by atoms with E-state index in [9.17, 15) is 0 Å². The van der Waals surface area contributed by atoms with Gasteiger partial charge in [-0.1, -0.05) is 41.9 Å². The Kier molecular flexibility index (Phi) is 3.64. The molecule has 1 aromatic carbocycles. The molecule has 0 aliphatic rings. The van der Waals surface area contributed by atoms with Crippen LogP contribution < -0.4 is 0 Å². The van der Waals surface area contributed by atoms with Gasteiger partial charge in [-0.3, -0.25) is 4.68 Å². The summed E-state index contributed by atoms with van der Waals surface area (Å²) in [5.41, 5.74) is 1.32. The minimum absolute atomic E-state index is 0.726. The zero-order chi connectivity index (χ0) is 10.7. The van der Waals surface area contributed by atoms with Crippen LogP contribution in [0.5, 0.6) is 0 Å². The topological polar surface area (TPSA) is 17.8 Å². The maximum atomic E-state index is 5.92. The molecule has 0 saturated carbocycles. The summed E-state index contributed by atoms with van der Waals surface area (Å²) in [6.45, 7) is 0.868. The highest BCUT2D eigenvalue weighted by Crippen LogP contribution is 2.15. The Labute approximate surface area is 107 Å². The molecule has 0 atom stereocenters. The first-order valence-electron chi connectivity index (χ1n) is 4.68. The molecule has 0 radical (unpaired) electrons. The summed E-state index contributed by atoms with van der Waals surface area (Å²) in [6.07, 6.45) is 2.85. The molecule has 2 nitrogen and oxygen atoms in total. The molecular weight excluding hydrogens is 322 g/mol. The Morgan fingerprint density at radius 3 is 2.60 bits per heavy atom. The molecule has 0 spiro atoms. The first kappa shape index (κ1) is 11.0. The van der Waals surface area contributed by atoms with Crippen LogP contribution in [0.1, 0.15) is 5.56 Å². The summed E-state index contributed by atoms with van der Waals surface area (Å²) in [5.74, 6) is 0. The SMILES string of the molecule is Clc1cn(CCc2ccccc2)nc1I. The Balaban J connectivity index is 1.99. The lowest BCUT2D eigenvalue weighted by molar-refractivity contribution is 0.611. The molecule has 1 heterocycles. The second-order valence-electron chi connectivity index (χ2n) is 3.27. The van der Waals surface area contributed by atoms with E-state index in [2.05, 4.69) is 52.0 Å². The second-order valence-corrected chi connectivity index (χ2v) is 4.70. The molecule has 0 aliphatic heterocycles. The number of rotatable bonds is 3. The van der Waals surface area contributed by atoms with Gasteiger partial charge in [0.25, 0.3) is 0 Å². The lowest BCUT2D eigenvalue weighted by Gasteiger charge is -2.01. The van der Waals surface area contributed by atoms with Crippen molar-refractivity contribution < 1.29 is 0 Å². The van der Waals surface area contributed by atoms with E-state index < -0.39 is 0 Å². The Morgan fingerprint density at radius 1 is 1.27 bits per heavy atom. The molecule has 0 saturated heterocycles. The highest BCUT2D eigenvalue weighted by Gasteiger charge is 2.02. The molecule has 4 heteroatoms. The van der Waals surface area contributed by atoms with Gasteiger partial charge in [-0.25, -0.2) is 0 Å². The van der Waals surface area contributed by atoms with E-state index in [0.717, 1.165) is 21.7 Å². The quantitative estimate of drug-likeness (QED) is 0.788. The molecule has 0 bridgehead atoms. The lowest BCUT2D eigenvalue weighted by Crippen LogP contribution is -2.01. The van der Waals surface area contributed by atoms with Crippen molar-refractivity contribution in [3.05, 3.63) is 50.8 Å². The van der Waals surface area contributed by atoms with Gasteiger partial charge in [0, 0.05) is 12.7 Å². The first-order chi connectivity index (χ1) is 7.25. The summed E-state index contributed by atoms with van der Waals surface area (Å²) >= 11 is 8.06. The van der Waals surface area contributed by atoms with Gasteiger partial charge in [-0.2, -0.15) is 5.10 Å². The molecule has 15 heavy (non-hydrogen) atoms. The van der Waals surface area contributed by atoms with Crippen LogP contribution in [-0.4, -0.2) is 9.78 Å². The molecule has 1 aromatic heterocycles. The summed E-state index contributed by atoms with van der Waals surface area (Å²) in [6, 6.07) is 10.4. The van der Waals surface area contributed by atoms with E-state index >= 15 is 0 Å². The van der Waals surface area contributed by atoms with E-state index in [1.807, 2.05) is 16.9 Å². The van der Waals surface area contributed by atoms with Crippen LogP contribution in [0.2, 0.25) is 5.02 Å². The summed E-state index contributed by atoms with van der Waals surface area (Å²) in [7, 11) is 0. The summed E-state index contributed by atoms with van der Waals surface area (Å²) in [4.78, 5) is 0. The third-order valence-corrected chi connectivity index (χ3v) is 3.54. The van der Waals surface area contributed by atoms with Crippen LogP contribution in [0.3, 0.4) is 0 Å². The van der Waals surface area contributed by atoms with Crippen molar-refractivity contribution in [3.8, 4) is 0 Å². The lowest BCUT2D eigenvalue weighted by atomic mass is 10.2. The van der Waals surface area contributed by atoms with Crippen LogP contribution >= 0.6 is 34.2 Å². The number of hydrogen-bond acceptors (Lipinski definition) is 1. The number of nitrogens with zero attached hydrogens (tertiary/aromatic N) is 2. The first-order valence-corrected chi connectivity index (χ1v) is 6.14. The maximum Gasteiger partial charge on any atom is 0.141 e. The van der Waals surface area contributed by atoms with E-state index in [1.165, 1.54) is 5.56 Å². The van der Waals surface area contributed by atoms with Gasteiger partial charge in [-0.15, -0.1) is 0 Å². The Bertz CT molecular complexity index is 420. The molecule has 2 rings (SSSR count). The van der Waals surface area contributed by atoms with E-state index in [1.54, 1.807) is 0 Å². The van der Waals surface area contributed by atoms with Crippen LogP contribution in [0.25, 0.3) is 0 Å². The number of halogens is 2. The molecular formula is C11H10ClIN2. The third kappa shape index (κ3) is 2.95. The van der Waals surface area contributed by atoms with E-state index in [0.29, 0.717) is 0 Å². The van der Waals surface area contributed by atoms with E-state index in [-0.39, 0.29) is 0 Å². The number of aryl methyl sites for hydroxylation is 2. The van der Waals surface area contributed by atoms with Crippen molar-refractivity contribution in [2.24, 2.45) is 0 Å².